The molecule has 2 aliphatic rings. The van der Waals surface area contributed by atoms with Crippen LogP contribution < -0.4 is 15.5 Å². The maximum absolute atomic E-state index is 12.2. The highest BCUT2D eigenvalue weighted by molar-refractivity contribution is 8.01. The minimum Gasteiger partial charge on any atom is -0.357 e. The molecule has 1 atom stereocenters. The quantitative estimate of drug-likeness (QED) is 0.803. The summed E-state index contributed by atoms with van der Waals surface area (Å²) >= 11 is 1.51. The van der Waals surface area contributed by atoms with Crippen molar-refractivity contribution in [3.8, 4) is 0 Å². The van der Waals surface area contributed by atoms with E-state index in [1.807, 2.05) is 19.9 Å². The molecule has 2 fully saturated rings. The predicted octanol–water partition coefficient (Wildman–Crippen LogP) is 0.746. The van der Waals surface area contributed by atoms with E-state index < -0.39 is 10.8 Å². The van der Waals surface area contributed by atoms with Crippen molar-refractivity contribution in [3.05, 3.63) is 18.1 Å². The van der Waals surface area contributed by atoms with Crippen molar-refractivity contribution in [2.75, 3.05) is 30.3 Å². The molecule has 0 aromatic carbocycles. The van der Waals surface area contributed by atoms with Gasteiger partial charge < -0.3 is 15.5 Å². The number of thioether (sulfide) groups is 1. The molecule has 7 nitrogen and oxygen atoms in total. The van der Waals surface area contributed by atoms with Crippen molar-refractivity contribution in [2.45, 2.75) is 43.9 Å². The first-order chi connectivity index (χ1) is 12.0. The summed E-state index contributed by atoms with van der Waals surface area (Å²) in [6.07, 6.45) is 4.65. The fourth-order valence-corrected chi connectivity index (χ4v) is 3.96. The molecule has 2 saturated heterocycles. The van der Waals surface area contributed by atoms with E-state index in [1.165, 1.54) is 24.6 Å². The second-order valence-electron chi connectivity index (χ2n) is 6.95. The van der Waals surface area contributed by atoms with E-state index in [4.69, 9.17) is 0 Å². The lowest BCUT2D eigenvalue weighted by atomic mass is 10.1. The largest absolute Gasteiger partial charge is 0.357 e. The zero-order valence-electron chi connectivity index (χ0n) is 14.7. The van der Waals surface area contributed by atoms with Crippen molar-refractivity contribution >= 4 is 29.4 Å². The molecule has 2 N–H and O–H groups in total. The SMILES string of the molecule is CC1(C)SCC(C(=O)NCCc2cc(N3CCCC3)ncn2)NC1=O. The number of hydrogen-bond acceptors (Lipinski definition) is 6. The van der Waals surface area contributed by atoms with E-state index in [1.54, 1.807) is 6.33 Å². The van der Waals surface area contributed by atoms with Gasteiger partial charge in [-0.15, -0.1) is 11.8 Å². The maximum atomic E-state index is 12.2. The summed E-state index contributed by atoms with van der Waals surface area (Å²) in [6.45, 7) is 6.32. The number of amides is 2. The lowest BCUT2D eigenvalue weighted by Crippen LogP contribution is -2.57. The highest BCUT2D eigenvalue weighted by atomic mass is 32.2. The van der Waals surface area contributed by atoms with Gasteiger partial charge in [0.1, 0.15) is 18.2 Å². The molecule has 0 radical (unpaired) electrons. The Morgan fingerprint density at radius 2 is 2.16 bits per heavy atom. The smallest absolute Gasteiger partial charge is 0.243 e. The monoisotopic (exact) mass is 363 g/mol. The third-order valence-electron chi connectivity index (χ3n) is 4.60. The second-order valence-corrected chi connectivity index (χ2v) is 8.59. The Morgan fingerprint density at radius 1 is 1.40 bits per heavy atom. The fraction of sp³-hybridized carbons (Fsp3) is 0.647. The molecule has 0 aliphatic carbocycles. The van der Waals surface area contributed by atoms with Crippen LogP contribution in [0.15, 0.2) is 12.4 Å². The van der Waals surface area contributed by atoms with Crippen LogP contribution in [-0.2, 0) is 16.0 Å². The molecule has 1 aromatic rings. The van der Waals surface area contributed by atoms with Gasteiger partial charge in [-0.1, -0.05) is 0 Å². The third-order valence-corrected chi connectivity index (χ3v) is 6.01. The highest BCUT2D eigenvalue weighted by Gasteiger charge is 2.37. The van der Waals surface area contributed by atoms with Crippen LogP contribution in [0, 0.1) is 0 Å². The number of hydrogen-bond donors (Lipinski definition) is 2. The van der Waals surface area contributed by atoms with Gasteiger partial charge in [0.15, 0.2) is 0 Å². The molecule has 3 heterocycles. The molecule has 0 saturated carbocycles. The Labute approximate surface area is 152 Å². The molecule has 3 rings (SSSR count). The van der Waals surface area contributed by atoms with Crippen LogP contribution in [0.1, 0.15) is 32.4 Å². The Bertz CT molecular complexity index is 646. The van der Waals surface area contributed by atoms with Crippen LogP contribution in [0.25, 0.3) is 0 Å². The molecule has 2 amide bonds. The van der Waals surface area contributed by atoms with Crippen molar-refractivity contribution in [2.24, 2.45) is 0 Å². The molecule has 1 aromatic heterocycles. The van der Waals surface area contributed by atoms with Gasteiger partial charge in [-0.05, 0) is 26.7 Å². The van der Waals surface area contributed by atoms with Gasteiger partial charge in [0.25, 0.3) is 0 Å². The summed E-state index contributed by atoms with van der Waals surface area (Å²) in [5.41, 5.74) is 0.917. The minimum atomic E-state index is -0.469. The number of carbonyl (C=O) groups is 2. The van der Waals surface area contributed by atoms with Gasteiger partial charge in [-0.2, -0.15) is 0 Å². The zero-order chi connectivity index (χ0) is 17.9. The fourth-order valence-electron chi connectivity index (χ4n) is 2.95. The van der Waals surface area contributed by atoms with E-state index in [0.29, 0.717) is 18.7 Å². The third kappa shape index (κ3) is 4.42. The molecule has 0 bridgehead atoms. The summed E-state index contributed by atoms with van der Waals surface area (Å²) < 4.78 is -0.469. The molecule has 1 unspecified atom stereocenters. The summed E-state index contributed by atoms with van der Waals surface area (Å²) in [6, 6.07) is 1.54. The van der Waals surface area contributed by atoms with E-state index in [2.05, 4.69) is 25.5 Å². The van der Waals surface area contributed by atoms with Gasteiger partial charge in [0.2, 0.25) is 11.8 Å². The first-order valence-electron chi connectivity index (χ1n) is 8.74. The lowest BCUT2D eigenvalue weighted by molar-refractivity contribution is -0.129. The second kappa shape index (κ2) is 7.59. The zero-order valence-corrected chi connectivity index (χ0v) is 15.6. The number of nitrogens with one attached hydrogen (secondary N) is 2. The Kier molecular flexibility index (Phi) is 5.46. The van der Waals surface area contributed by atoms with Gasteiger partial charge in [0.05, 0.1) is 4.75 Å². The summed E-state index contributed by atoms with van der Waals surface area (Å²) in [7, 11) is 0. The summed E-state index contributed by atoms with van der Waals surface area (Å²) in [5.74, 6) is 1.34. The average Bonchev–Trinajstić information content (AvgIpc) is 3.12. The molecule has 0 spiro atoms. The van der Waals surface area contributed by atoms with Crippen LogP contribution >= 0.6 is 11.8 Å². The Balaban J connectivity index is 1.47. The molecule has 25 heavy (non-hydrogen) atoms. The van der Waals surface area contributed by atoms with Crippen LogP contribution in [0.5, 0.6) is 0 Å². The molecule has 8 heteroatoms. The van der Waals surface area contributed by atoms with Crippen LogP contribution in [-0.4, -0.2) is 58.0 Å². The average molecular weight is 363 g/mol. The number of nitrogens with zero attached hydrogens (tertiary/aromatic N) is 3. The number of aromatic nitrogens is 2. The van der Waals surface area contributed by atoms with Crippen LogP contribution in [0.3, 0.4) is 0 Å². The molecule has 136 valence electrons. The van der Waals surface area contributed by atoms with E-state index in [-0.39, 0.29) is 11.8 Å². The van der Waals surface area contributed by atoms with Crippen molar-refractivity contribution in [1.82, 2.24) is 20.6 Å². The van der Waals surface area contributed by atoms with E-state index in [9.17, 15) is 9.59 Å². The van der Waals surface area contributed by atoms with E-state index in [0.717, 1.165) is 24.6 Å². The first-order valence-corrected chi connectivity index (χ1v) is 9.73. The van der Waals surface area contributed by atoms with Crippen molar-refractivity contribution in [3.63, 3.8) is 0 Å². The number of anilines is 1. The maximum Gasteiger partial charge on any atom is 0.243 e. The normalized spacial score (nSPS) is 22.6. The first kappa shape index (κ1) is 18.0. The van der Waals surface area contributed by atoms with Crippen LogP contribution in [0.2, 0.25) is 0 Å². The Hall–Kier alpha value is -1.83. The molecular weight excluding hydrogens is 338 g/mol. The highest BCUT2D eigenvalue weighted by Crippen LogP contribution is 2.28. The number of carbonyl (C=O) groups excluding carboxylic acids is 2. The van der Waals surface area contributed by atoms with Gasteiger partial charge >= 0.3 is 0 Å². The minimum absolute atomic E-state index is 0.0880. The van der Waals surface area contributed by atoms with Gasteiger partial charge in [-0.25, -0.2) is 9.97 Å². The number of rotatable bonds is 5. The molecular formula is C17H25N5O2S. The Morgan fingerprint density at radius 3 is 2.88 bits per heavy atom. The van der Waals surface area contributed by atoms with E-state index >= 15 is 0 Å². The van der Waals surface area contributed by atoms with Crippen molar-refractivity contribution < 1.29 is 9.59 Å². The van der Waals surface area contributed by atoms with Gasteiger partial charge in [0, 0.05) is 43.6 Å². The summed E-state index contributed by atoms with van der Waals surface area (Å²) in [4.78, 5) is 35.1. The summed E-state index contributed by atoms with van der Waals surface area (Å²) in [5, 5.41) is 5.69. The lowest BCUT2D eigenvalue weighted by Gasteiger charge is -2.32. The predicted molar refractivity (Wildman–Crippen MR) is 98.7 cm³/mol. The topological polar surface area (TPSA) is 87.2 Å². The molecule has 2 aliphatic heterocycles. The van der Waals surface area contributed by atoms with Crippen molar-refractivity contribution in [1.29, 1.82) is 0 Å². The van der Waals surface area contributed by atoms with Crippen LogP contribution in [0.4, 0.5) is 5.82 Å². The van der Waals surface area contributed by atoms with Gasteiger partial charge in [-0.3, -0.25) is 9.59 Å². The standard InChI is InChI=1S/C17H25N5O2S/c1-17(2)16(24)21-13(10-25-17)15(23)18-6-5-12-9-14(20-11-19-12)22-7-3-4-8-22/h9,11,13H,3-8,10H2,1-2H3,(H,18,23)(H,21,24).